The Hall–Kier alpha value is -2.68. The van der Waals surface area contributed by atoms with E-state index in [1.54, 1.807) is 18.6 Å². The van der Waals surface area contributed by atoms with E-state index in [1.165, 1.54) is 6.07 Å². The van der Waals surface area contributed by atoms with Crippen LogP contribution in [0.15, 0.2) is 36.8 Å². The van der Waals surface area contributed by atoms with Crippen LogP contribution in [0.4, 0.5) is 15.9 Å². The second-order valence-electron chi connectivity index (χ2n) is 5.67. The molecule has 0 bridgehead atoms. The second-order valence-corrected chi connectivity index (χ2v) is 5.67. The van der Waals surface area contributed by atoms with Gasteiger partial charge in [0.15, 0.2) is 0 Å². The lowest BCUT2D eigenvalue weighted by Gasteiger charge is -2.38. The monoisotopic (exact) mass is 311 g/mol. The van der Waals surface area contributed by atoms with Gasteiger partial charge in [0.25, 0.3) is 0 Å². The number of aromatic nitrogens is 2. The summed E-state index contributed by atoms with van der Waals surface area (Å²) >= 11 is 0. The Kier molecular flexibility index (Phi) is 4.38. The average molecular weight is 311 g/mol. The molecule has 1 fully saturated rings. The topological polar surface area (TPSA) is 56.1 Å². The predicted molar refractivity (Wildman–Crippen MR) is 86.8 cm³/mol. The van der Waals surface area contributed by atoms with Crippen LogP contribution in [-0.2, 0) is 0 Å². The number of nitrogens with zero attached hydrogens (tertiary/aromatic N) is 5. The summed E-state index contributed by atoms with van der Waals surface area (Å²) in [7, 11) is 2.05. The number of benzene rings is 1. The highest BCUT2D eigenvalue weighted by Crippen LogP contribution is 2.25. The minimum atomic E-state index is -0.453. The van der Waals surface area contributed by atoms with Gasteiger partial charge in [0, 0.05) is 38.1 Å². The van der Waals surface area contributed by atoms with Crippen molar-refractivity contribution in [2.45, 2.75) is 18.9 Å². The van der Waals surface area contributed by atoms with Gasteiger partial charge in [-0.05, 0) is 37.1 Å². The fourth-order valence-corrected chi connectivity index (χ4v) is 2.98. The molecular formula is C17H18FN5. The lowest BCUT2D eigenvalue weighted by atomic mass is 10.0. The van der Waals surface area contributed by atoms with E-state index in [9.17, 15) is 4.39 Å². The summed E-state index contributed by atoms with van der Waals surface area (Å²) in [6, 6.07) is 8.98. The molecule has 0 aliphatic carbocycles. The molecule has 1 aromatic carbocycles. The van der Waals surface area contributed by atoms with Gasteiger partial charge in [0.2, 0.25) is 0 Å². The van der Waals surface area contributed by atoms with Crippen LogP contribution in [0.1, 0.15) is 18.4 Å². The SMILES string of the molecule is CN(c1ccncn1)C1CCN(c2ccc(C#N)c(F)c2)CC1. The van der Waals surface area contributed by atoms with Crippen LogP contribution in [0.3, 0.4) is 0 Å². The maximum Gasteiger partial charge on any atom is 0.143 e. The Labute approximate surface area is 135 Å². The number of hydrogen-bond acceptors (Lipinski definition) is 5. The fraction of sp³-hybridized carbons (Fsp3) is 0.353. The molecule has 0 unspecified atom stereocenters. The molecule has 0 amide bonds. The van der Waals surface area contributed by atoms with Gasteiger partial charge in [-0.2, -0.15) is 5.26 Å². The third kappa shape index (κ3) is 3.24. The number of halogens is 1. The van der Waals surface area contributed by atoms with Crippen molar-refractivity contribution in [3.63, 3.8) is 0 Å². The first-order valence-electron chi connectivity index (χ1n) is 7.62. The molecule has 2 aromatic rings. The van der Waals surface area contributed by atoms with Crippen LogP contribution in [-0.4, -0.2) is 36.1 Å². The molecular weight excluding hydrogens is 293 g/mol. The molecule has 0 N–H and O–H groups in total. The first-order chi connectivity index (χ1) is 11.2. The van der Waals surface area contributed by atoms with Gasteiger partial charge in [-0.25, -0.2) is 14.4 Å². The summed E-state index contributed by atoms with van der Waals surface area (Å²) in [6.45, 7) is 1.71. The number of hydrogen-bond donors (Lipinski definition) is 0. The molecule has 5 nitrogen and oxygen atoms in total. The van der Waals surface area contributed by atoms with Gasteiger partial charge in [0.1, 0.15) is 24.0 Å². The quantitative estimate of drug-likeness (QED) is 0.872. The van der Waals surface area contributed by atoms with E-state index < -0.39 is 5.82 Å². The van der Waals surface area contributed by atoms with Crippen LogP contribution < -0.4 is 9.80 Å². The van der Waals surface area contributed by atoms with Crippen LogP contribution in [0, 0.1) is 17.1 Å². The summed E-state index contributed by atoms with van der Waals surface area (Å²) in [6.07, 6.45) is 5.25. The Balaban J connectivity index is 1.64. The number of nitriles is 1. The van der Waals surface area contributed by atoms with Gasteiger partial charge in [-0.1, -0.05) is 0 Å². The van der Waals surface area contributed by atoms with E-state index in [0.29, 0.717) is 6.04 Å². The normalized spacial score (nSPS) is 15.3. The Morgan fingerprint density at radius 2 is 2.09 bits per heavy atom. The Morgan fingerprint density at radius 3 is 2.70 bits per heavy atom. The van der Waals surface area contributed by atoms with Crippen molar-refractivity contribution in [2.24, 2.45) is 0 Å². The van der Waals surface area contributed by atoms with E-state index in [2.05, 4.69) is 19.8 Å². The highest BCUT2D eigenvalue weighted by molar-refractivity contribution is 5.51. The van der Waals surface area contributed by atoms with Crippen molar-refractivity contribution in [3.05, 3.63) is 48.2 Å². The summed E-state index contributed by atoms with van der Waals surface area (Å²) in [4.78, 5) is 12.6. The zero-order valence-corrected chi connectivity index (χ0v) is 13.0. The largest absolute Gasteiger partial charge is 0.371 e. The van der Waals surface area contributed by atoms with Crippen LogP contribution in [0.2, 0.25) is 0 Å². The zero-order chi connectivity index (χ0) is 16.2. The van der Waals surface area contributed by atoms with E-state index in [1.807, 2.05) is 25.2 Å². The van der Waals surface area contributed by atoms with Crippen molar-refractivity contribution in [1.29, 1.82) is 5.26 Å². The molecule has 23 heavy (non-hydrogen) atoms. The molecule has 1 saturated heterocycles. The third-order valence-corrected chi connectivity index (χ3v) is 4.38. The maximum atomic E-state index is 13.8. The molecule has 118 valence electrons. The average Bonchev–Trinajstić information content (AvgIpc) is 2.62. The number of piperidine rings is 1. The molecule has 0 radical (unpaired) electrons. The molecule has 0 saturated carbocycles. The summed E-state index contributed by atoms with van der Waals surface area (Å²) < 4.78 is 13.8. The Morgan fingerprint density at radius 1 is 1.30 bits per heavy atom. The smallest absolute Gasteiger partial charge is 0.143 e. The van der Waals surface area contributed by atoms with Crippen LogP contribution in [0.25, 0.3) is 0 Å². The standard InChI is InChI=1S/C17H18FN5/c1-22(17-4-7-20-12-21-17)14-5-8-23(9-6-14)15-3-2-13(11-19)16(18)10-15/h2-4,7,10,12,14H,5-6,8-9H2,1H3. The Bertz CT molecular complexity index is 705. The molecule has 6 heteroatoms. The fourth-order valence-electron chi connectivity index (χ4n) is 2.98. The van der Waals surface area contributed by atoms with Gasteiger partial charge in [-0.15, -0.1) is 0 Å². The summed E-state index contributed by atoms with van der Waals surface area (Å²) in [5.41, 5.74) is 0.928. The third-order valence-electron chi connectivity index (χ3n) is 4.38. The van der Waals surface area contributed by atoms with Crippen LogP contribution >= 0.6 is 0 Å². The first-order valence-corrected chi connectivity index (χ1v) is 7.62. The van der Waals surface area contributed by atoms with Crippen molar-refractivity contribution in [3.8, 4) is 6.07 Å². The predicted octanol–water partition coefficient (Wildman–Crippen LogP) is 2.59. The molecule has 1 aromatic heterocycles. The van der Waals surface area contributed by atoms with Gasteiger partial charge in [-0.3, -0.25) is 0 Å². The van der Waals surface area contributed by atoms with Crippen molar-refractivity contribution in [2.75, 3.05) is 29.9 Å². The number of anilines is 2. The number of rotatable bonds is 3. The van der Waals surface area contributed by atoms with Crippen molar-refractivity contribution in [1.82, 2.24) is 9.97 Å². The molecule has 2 heterocycles. The van der Waals surface area contributed by atoms with Gasteiger partial charge in [0.05, 0.1) is 5.56 Å². The van der Waals surface area contributed by atoms with Crippen molar-refractivity contribution >= 4 is 11.5 Å². The van der Waals surface area contributed by atoms with Gasteiger partial charge >= 0.3 is 0 Å². The zero-order valence-electron chi connectivity index (χ0n) is 13.0. The summed E-state index contributed by atoms with van der Waals surface area (Å²) in [5, 5.41) is 8.80. The lowest BCUT2D eigenvalue weighted by Crippen LogP contribution is -2.43. The van der Waals surface area contributed by atoms with E-state index in [-0.39, 0.29) is 5.56 Å². The van der Waals surface area contributed by atoms with Crippen molar-refractivity contribution < 1.29 is 4.39 Å². The second kappa shape index (κ2) is 6.61. The van der Waals surface area contributed by atoms with E-state index in [4.69, 9.17) is 5.26 Å². The van der Waals surface area contributed by atoms with E-state index in [0.717, 1.165) is 37.4 Å². The summed E-state index contributed by atoms with van der Waals surface area (Å²) in [5.74, 6) is 0.466. The van der Waals surface area contributed by atoms with Crippen LogP contribution in [0.5, 0.6) is 0 Å². The first kappa shape index (κ1) is 15.2. The minimum absolute atomic E-state index is 0.0899. The molecule has 1 aliphatic rings. The maximum absolute atomic E-state index is 13.8. The lowest BCUT2D eigenvalue weighted by molar-refractivity contribution is 0.479. The minimum Gasteiger partial charge on any atom is -0.371 e. The molecule has 0 spiro atoms. The molecule has 3 rings (SSSR count). The highest BCUT2D eigenvalue weighted by atomic mass is 19.1. The van der Waals surface area contributed by atoms with Gasteiger partial charge < -0.3 is 9.80 Å². The molecule has 0 atom stereocenters. The van der Waals surface area contributed by atoms with E-state index >= 15 is 0 Å². The molecule has 1 aliphatic heterocycles. The highest BCUT2D eigenvalue weighted by Gasteiger charge is 2.23.